The van der Waals surface area contributed by atoms with E-state index in [1.54, 1.807) is 0 Å². The summed E-state index contributed by atoms with van der Waals surface area (Å²) in [6, 6.07) is 0. The van der Waals surface area contributed by atoms with Gasteiger partial charge >= 0.3 is 5.97 Å². The van der Waals surface area contributed by atoms with Gasteiger partial charge in [0.15, 0.2) is 0 Å². The average molecular weight is 231 g/mol. The van der Waals surface area contributed by atoms with Gasteiger partial charge in [0.25, 0.3) is 5.70 Å². The molecule has 80 valence electrons. The maximum absolute atomic E-state index is 10.6. The number of carboxylic acids is 1. The highest BCUT2D eigenvalue weighted by atomic mass is 32.2. The third-order valence-electron chi connectivity index (χ3n) is 1.73. The van der Waals surface area contributed by atoms with Gasteiger partial charge in [0.05, 0.1) is 15.4 Å². The molecule has 0 saturated carbocycles. The van der Waals surface area contributed by atoms with Gasteiger partial charge in [-0.3, -0.25) is 10.1 Å². The summed E-state index contributed by atoms with van der Waals surface area (Å²) in [7, 11) is -2.68. The fourth-order valence-electron chi connectivity index (χ4n) is 1.06. The SMILES string of the molecule is O=C(O)C1=CC([N+](=O)[O-])=CCC1=S(=O)=O. The zero-order valence-electron chi connectivity index (χ0n) is 7.21. The van der Waals surface area contributed by atoms with Gasteiger partial charge in [0, 0.05) is 12.5 Å². The monoisotopic (exact) mass is 231 g/mol. The van der Waals surface area contributed by atoms with Crippen LogP contribution in [0, 0.1) is 10.1 Å². The van der Waals surface area contributed by atoms with Crippen molar-refractivity contribution < 1.29 is 23.2 Å². The van der Waals surface area contributed by atoms with Gasteiger partial charge in [-0.25, -0.2) is 4.79 Å². The van der Waals surface area contributed by atoms with E-state index in [1.165, 1.54) is 0 Å². The van der Waals surface area contributed by atoms with Crippen molar-refractivity contribution in [1.29, 1.82) is 0 Å². The molecule has 1 rings (SSSR count). The van der Waals surface area contributed by atoms with Crippen molar-refractivity contribution in [2.45, 2.75) is 6.42 Å². The van der Waals surface area contributed by atoms with Crippen LogP contribution < -0.4 is 0 Å². The summed E-state index contributed by atoms with van der Waals surface area (Å²) in [4.78, 5) is 19.8. The number of allylic oxidation sites excluding steroid dienone is 2. The third-order valence-corrected chi connectivity index (χ3v) is 2.52. The third kappa shape index (κ3) is 2.29. The predicted octanol–water partition coefficient (Wildman–Crippen LogP) is -0.387. The summed E-state index contributed by atoms with van der Waals surface area (Å²) in [5.41, 5.74) is -0.973. The van der Waals surface area contributed by atoms with Gasteiger partial charge < -0.3 is 5.11 Å². The first-order valence-corrected chi connectivity index (χ1v) is 4.76. The van der Waals surface area contributed by atoms with Crippen LogP contribution in [0.15, 0.2) is 23.4 Å². The molecule has 0 aromatic rings. The van der Waals surface area contributed by atoms with Crippen LogP contribution in [0.25, 0.3) is 0 Å². The number of carbonyl (C=O) groups is 1. The number of aliphatic carboxylic acids is 1. The molecule has 1 aliphatic carbocycles. The Morgan fingerprint density at radius 3 is 2.53 bits per heavy atom. The van der Waals surface area contributed by atoms with Crippen molar-refractivity contribution in [1.82, 2.24) is 0 Å². The molecule has 0 radical (unpaired) electrons. The number of nitro groups is 1. The molecule has 0 heterocycles. The minimum atomic E-state index is -2.68. The van der Waals surface area contributed by atoms with Crippen molar-refractivity contribution in [3.8, 4) is 0 Å². The maximum atomic E-state index is 10.6. The van der Waals surface area contributed by atoms with E-state index in [4.69, 9.17) is 5.11 Å². The lowest BCUT2D eigenvalue weighted by atomic mass is 10.0. The maximum Gasteiger partial charge on any atom is 0.337 e. The van der Waals surface area contributed by atoms with Crippen molar-refractivity contribution in [2.24, 2.45) is 0 Å². The van der Waals surface area contributed by atoms with Gasteiger partial charge in [-0.15, -0.1) is 0 Å². The number of rotatable bonds is 2. The molecule has 0 aliphatic heterocycles. The van der Waals surface area contributed by atoms with E-state index in [9.17, 15) is 23.3 Å². The van der Waals surface area contributed by atoms with Crippen LogP contribution in [0.4, 0.5) is 0 Å². The molecule has 0 aromatic heterocycles. The van der Waals surface area contributed by atoms with E-state index < -0.39 is 32.5 Å². The molecule has 1 aliphatic rings. The normalized spacial score (nSPS) is 15.3. The molecule has 0 bridgehead atoms. The molecule has 0 aromatic carbocycles. The van der Waals surface area contributed by atoms with E-state index in [0.29, 0.717) is 0 Å². The van der Waals surface area contributed by atoms with Crippen molar-refractivity contribution in [3.05, 3.63) is 33.5 Å². The van der Waals surface area contributed by atoms with Gasteiger partial charge in [-0.1, -0.05) is 0 Å². The average Bonchev–Trinajstić information content (AvgIpc) is 2.16. The standard InChI is InChI=1S/C7H5NO6S/c9-7(10)5-3-4(8(11)12)1-2-6(5)15(13)14/h1,3H,2H2,(H,9,10). The molecule has 0 fully saturated rings. The fraction of sp³-hybridized carbons (Fsp3) is 0.143. The molecule has 0 saturated heterocycles. The molecular formula is C7H5NO6S. The molecule has 0 amide bonds. The van der Waals surface area contributed by atoms with Crippen LogP contribution in [0.5, 0.6) is 0 Å². The van der Waals surface area contributed by atoms with E-state index >= 15 is 0 Å². The molecule has 8 heteroatoms. The van der Waals surface area contributed by atoms with Gasteiger partial charge in [0.1, 0.15) is 0 Å². The number of nitrogens with zero attached hydrogens (tertiary/aromatic N) is 1. The Hall–Kier alpha value is -1.96. The molecule has 0 spiro atoms. The van der Waals surface area contributed by atoms with Crippen molar-refractivity contribution >= 4 is 21.1 Å². The lowest BCUT2D eigenvalue weighted by Gasteiger charge is -2.05. The molecular weight excluding hydrogens is 226 g/mol. The summed E-state index contributed by atoms with van der Waals surface area (Å²) in [6.07, 6.45) is 1.51. The lowest BCUT2D eigenvalue weighted by Crippen LogP contribution is -2.17. The van der Waals surface area contributed by atoms with E-state index in [2.05, 4.69) is 0 Å². The van der Waals surface area contributed by atoms with Crippen LogP contribution in [-0.4, -0.2) is 29.3 Å². The number of hydrogen-bond donors (Lipinski definition) is 1. The topological polar surface area (TPSA) is 115 Å². The summed E-state index contributed by atoms with van der Waals surface area (Å²) >= 11 is 0. The van der Waals surface area contributed by atoms with E-state index in [1.807, 2.05) is 0 Å². The largest absolute Gasteiger partial charge is 0.478 e. The lowest BCUT2D eigenvalue weighted by molar-refractivity contribution is -0.419. The second-order valence-corrected chi connectivity index (χ2v) is 3.57. The Bertz CT molecular complexity index is 516. The summed E-state index contributed by atoms with van der Waals surface area (Å²) in [5.74, 6) is -1.50. The highest BCUT2D eigenvalue weighted by molar-refractivity contribution is 7.73. The predicted molar refractivity (Wildman–Crippen MR) is 49.3 cm³/mol. The first-order chi connectivity index (χ1) is 6.93. The summed E-state index contributed by atoms with van der Waals surface area (Å²) in [5, 5.41) is 19.0. The molecule has 7 nitrogen and oxygen atoms in total. The second-order valence-electron chi connectivity index (χ2n) is 2.61. The molecule has 1 N–H and O–H groups in total. The van der Waals surface area contributed by atoms with Gasteiger partial charge in [-0.2, -0.15) is 8.42 Å². The van der Waals surface area contributed by atoms with E-state index in [-0.39, 0.29) is 11.3 Å². The first-order valence-electron chi connectivity index (χ1n) is 3.68. The molecule has 0 atom stereocenters. The Labute approximate surface area is 85.0 Å². The molecule has 0 unspecified atom stereocenters. The highest BCUT2D eigenvalue weighted by Gasteiger charge is 2.24. The van der Waals surface area contributed by atoms with Gasteiger partial charge in [0.2, 0.25) is 10.3 Å². The quantitative estimate of drug-likeness (QED) is 0.393. The van der Waals surface area contributed by atoms with Crippen LogP contribution in [0.3, 0.4) is 0 Å². The number of hydrogen-bond acceptors (Lipinski definition) is 5. The minimum Gasteiger partial charge on any atom is -0.478 e. The zero-order chi connectivity index (χ0) is 11.6. The van der Waals surface area contributed by atoms with Gasteiger partial charge in [-0.05, 0) is 6.08 Å². The second kappa shape index (κ2) is 4.05. The number of carboxylic acid groups (broad SMARTS) is 1. The van der Waals surface area contributed by atoms with E-state index in [0.717, 1.165) is 12.2 Å². The zero-order valence-corrected chi connectivity index (χ0v) is 8.02. The van der Waals surface area contributed by atoms with Crippen LogP contribution >= 0.6 is 0 Å². The Morgan fingerprint density at radius 1 is 1.53 bits per heavy atom. The Kier molecular flexibility index (Phi) is 3.00. The van der Waals surface area contributed by atoms with Crippen LogP contribution in [-0.2, 0) is 15.1 Å². The van der Waals surface area contributed by atoms with Crippen LogP contribution in [0.2, 0.25) is 0 Å². The Balaban J connectivity index is 3.33. The smallest absolute Gasteiger partial charge is 0.337 e. The van der Waals surface area contributed by atoms with Crippen molar-refractivity contribution in [2.75, 3.05) is 0 Å². The molecule has 15 heavy (non-hydrogen) atoms. The first kappa shape index (κ1) is 11.1. The fourth-order valence-corrected chi connectivity index (χ4v) is 1.61. The Morgan fingerprint density at radius 2 is 2.13 bits per heavy atom. The van der Waals surface area contributed by atoms with Crippen LogP contribution in [0.1, 0.15) is 6.42 Å². The minimum absolute atomic E-state index is 0.273. The van der Waals surface area contributed by atoms with Crippen molar-refractivity contribution in [3.63, 3.8) is 0 Å². The summed E-state index contributed by atoms with van der Waals surface area (Å²) < 4.78 is 21.2. The summed E-state index contributed by atoms with van der Waals surface area (Å²) in [6.45, 7) is 0. The highest BCUT2D eigenvalue weighted by Crippen LogP contribution is 2.15.